The molecule has 0 aliphatic carbocycles. The molecular formula is C13H23N5O3S. The number of aryl methyl sites for hydroxylation is 2. The Labute approximate surface area is 130 Å². The molecule has 8 nitrogen and oxygen atoms in total. The maximum atomic E-state index is 12.5. The number of nitrogens with one attached hydrogen (secondary N) is 2. The second-order valence-corrected chi connectivity index (χ2v) is 7.19. The fourth-order valence-electron chi connectivity index (χ4n) is 2.64. The van der Waals surface area contributed by atoms with Crippen LogP contribution in [-0.4, -0.2) is 61.2 Å². The van der Waals surface area contributed by atoms with Gasteiger partial charge in [0, 0.05) is 33.2 Å². The van der Waals surface area contributed by atoms with Gasteiger partial charge < -0.3 is 10.2 Å². The lowest BCUT2D eigenvalue weighted by Gasteiger charge is -2.29. The summed E-state index contributed by atoms with van der Waals surface area (Å²) >= 11 is 0. The number of hydrogen-bond donors (Lipinski definition) is 2. The highest BCUT2D eigenvalue weighted by atomic mass is 32.2. The lowest BCUT2D eigenvalue weighted by molar-refractivity contribution is -0.133. The van der Waals surface area contributed by atoms with E-state index in [1.165, 1.54) is 4.68 Å². The predicted molar refractivity (Wildman–Crippen MR) is 81.9 cm³/mol. The molecule has 0 spiro atoms. The summed E-state index contributed by atoms with van der Waals surface area (Å²) in [4.78, 5) is 14.2. The van der Waals surface area contributed by atoms with Crippen LogP contribution in [-0.2, 0) is 21.9 Å². The van der Waals surface area contributed by atoms with E-state index in [1.807, 2.05) is 0 Å². The summed E-state index contributed by atoms with van der Waals surface area (Å²) in [5.41, 5.74) is 0.973. The van der Waals surface area contributed by atoms with Crippen LogP contribution < -0.4 is 10.0 Å². The number of sulfonamides is 1. The van der Waals surface area contributed by atoms with Crippen molar-refractivity contribution in [2.75, 3.05) is 26.2 Å². The maximum Gasteiger partial charge on any atom is 0.244 e. The van der Waals surface area contributed by atoms with E-state index in [2.05, 4.69) is 15.1 Å². The van der Waals surface area contributed by atoms with Gasteiger partial charge in [0.15, 0.2) is 0 Å². The van der Waals surface area contributed by atoms with Crippen molar-refractivity contribution >= 4 is 15.9 Å². The van der Waals surface area contributed by atoms with Gasteiger partial charge in [-0.1, -0.05) is 0 Å². The minimum Gasteiger partial charge on any atom is -0.339 e. The monoisotopic (exact) mass is 329 g/mol. The van der Waals surface area contributed by atoms with Crippen LogP contribution in [0, 0.1) is 13.8 Å². The highest BCUT2D eigenvalue weighted by molar-refractivity contribution is 7.89. The van der Waals surface area contributed by atoms with Crippen molar-refractivity contribution in [1.82, 2.24) is 24.7 Å². The number of piperazine rings is 1. The Balaban J connectivity index is 2.15. The molecular weight excluding hydrogens is 306 g/mol. The van der Waals surface area contributed by atoms with Crippen molar-refractivity contribution in [3.63, 3.8) is 0 Å². The zero-order valence-electron chi connectivity index (χ0n) is 13.4. The fourth-order valence-corrected chi connectivity index (χ4v) is 4.28. The lowest BCUT2D eigenvalue weighted by Crippen LogP contribution is -2.53. The second kappa shape index (κ2) is 6.35. The van der Waals surface area contributed by atoms with Gasteiger partial charge in [0.1, 0.15) is 4.90 Å². The van der Waals surface area contributed by atoms with Crippen molar-refractivity contribution in [1.29, 1.82) is 0 Å². The van der Waals surface area contributed by atoms with E-state index < -0.39 is 16.1 Å². The van der Waals surface area contributed by atoms with Crippen LogP contribution in [0.5, 0.6) is 0 Å². The molecule has 0 radical (unpaired) electrons. The molecule has 2 heterocycles. The first kappa shape index (κ1) is 16.9. The Kier molecular flexibility index (Phi) is 4.88. The summed E-state index contributed by atoms with van der Waals surface area (Å²) in [5.74, 6) is -0.204. The molecule has 1 saturated heterocycles. The van der Waals surface area contributed by atoms with Crippen LogP contribution in [0.4, 0.5) is 0 Å². The fraction of sp³-hybridized carbons (Fsp3) is 0.692. The van der Waals surface area contributed by atoms with Crippen molar-refractivity contribution in [3.05, 3.63) is 11.4 Å². The Hall–Kier alpha value is -1.45. The molecule has 0 bridgehead atoms. The zero-order chi connectivity index (χ0) is 16.5. The summed E-state index contributed by atoms with van der Waals surface area (Å²) < 4.78 is 29.1. The van der Waals surface area contributed by atoms with Crippen LogP contribution in [0.1, 0.15) is 18.3 Å². The van der Waals surface area contributed by atoms with Crippen LogP contribution in [0.2, 0.25) is 0 Å². The summed E-state index contributed by atoms with van der Waals surface area (Å²) in [7, 11) is -2.09. The average Bonchev–Trinajstić information content (AvgIpc) is 2.72. The van der Waals surface area contributed by atoms with Crippen LogP contribution in [0.3, 0.4) is 0 Å². The van der Waals surface area contributed by atoms with Gasteiger partial charge in [-0.15, -0.1) is 0 Å². The van der Waals surface area contributed by atoms with E-state index >= 15 is 0 Å². The largest absolute Gasteiger partial charge is 0.339 e. The molecule has 1 aromatic heterocycles. The van der Waals surface area contributed by atoms with Crippen molar-refractivity contribution in [3.8, 4) is 0 Å². The first-order chi connectivity index (χ1) is 10.2. The molecule has 1 aliphatic heterocycles. The van der Waals surface area contributed by atoms with E-state index in [0.717, 1.165) is 13.1 Å². The summed E-state index contributed by atoms with van der Waals surface area (Å²) in [6, 6.07) is -0.804. The zero-order valence-corrected chi connectivity index (χ0v) is 14.2. The summed E-state index contributed by atoms with van der Waals surface area (Å²) in [6.07, 6.45) is 0. The summed E-state index contributed by atoms with van der Waals surface area (Å²) in [6.45, 7) is 7.55. The molecule has 0 saturated carbocycles. The smallest absolute Gasteiger partial charge is 0.244 e. The van der Waals surface area contributed by atoms with Gasteiger partial charge >= 0.3 is 0 Å². The quantitative estimate of drug-likeness (QED) is 0.749. The van der Waals surface area contributed by atoms with Crippen molar-refractivity contribution in [2.45, 2.75) is 31.7 Å². The Morgan fingerprint density at radius 1 is 1.32 bits per heavy atom. The molecule has 1 fully saturated rings. The molecule has 1 aliphatic rings. The van der Waals surface area contributed by atoms with Crippen molar-refractivity contribution < 1.29 is 13.2 Å². The SMILES string of the molecule is Cc1nn(C)c(C)c1S(=O)(=O)NC(C)C(=O)N1CCNCC1. The minimum absolute atomic E-state index is 0.148. The third-order valence-corrected chi connectivity index (χ3v) is 5.63. The molecule has 124 valence electrons. The molecule has 2 rings (SSSR count). The second-order valence-electron chi connectivity index (χ2n) is 5.54. The van der Waals surface area contributed by atoms with Gasteiger partial charge in [0.05, 0.1) is 17.4 Å². The van der Waals surface area contributed by atoms with Crippen LogP contribution in [0.15, 0.2) is 4.90 Å². The molecule has 1 aromatic rings. The van der Waals surface area contributed by atoms with E-state index in [1.54, 1.807) is 32.7 Å². The maximum absolute atomic E-state index is 12.5. The average molecular weight is 329 g/mol. The van der Waals surface area contributed by atoms with Crippen molar-refractivity contribution in [2.24, 2.45) is 7.05 Å². The lowest BCUT2D eigenvalue weighted by atomic mass is 10.2. The first-order valence-corrected chi connectivity index (χ1v) is 8.74. The number of aromatic nitrogens is 2. The van der Waals surface area contributed by atoms with Gasteiger partial charge in [-0.2, -0.15) is 9.82 Å². The van der Waals surface area contributed by atoms with E-state index in [-0.39, 0.29) is 10.8 Å². The first-order valence-electron chi connectivity index (χ1n) is 7.26. The van der Waals surface area contributed by atoms with Gasteiger partial charge in [-0.25, -0.2) is 8.42 Å². The third-order valence-electron chi connectivity index (χ3n) is 3.84. The highest BCUT2D eigenvalue weighted by Gasteiger charge is 2.30. The van der Waals surface area contributed by atoms with Crippen LogP contribution >= 0.6 is 0 Å². The van der Waals surface area contributed by atoms with E-state index in [4.69, 9.17) is 0 Å². The third kappa shape index (κ3) is 3.31. The highest BCUT2D eigenvalue weighted by Crippen LogP contribution is 2.18. The van der Waals surface area contributed by atoms with Crippen LogP contribution in [0.25, 0.3) is 0 Å². The normalized spacial score (nSPS) is 17.5. The molecule has 9 heteroatoms. The summed E-state index contributed by atoms with van der Waals surface area (Å²) in [5, 5.41) is 7.27. The molecule has 1 unspecified atom stereocenters. The van der Waals surface area contributed by atoms with E-state index in [9.17, 15) is 13.2 Å². The van der Waals surface area contributed by atoms with E-state index in [0.29, 0.717) is 24.5 Å². The Bertz CT molecular complexity index is 661. The number of carbonyl (C=O) groups is 1. The standard InChI is InChI=1S/C13H23N5O3S/c1-9-12(11(3)17(4)15-9)22(20,21)16-10(2)13(19)18-7-5-14-6-8-18/h10,14,16H,5-8H2,1-4H3. The molecule has 2 N–H and O–H groups in total. The number of rotatable bonds is 4. The number of nitrogens with zero attached hydrogens (tertiary/aromatic N) is 3. The number of carbonyl (C=O) groups excluding carboxylic acids is 1. The predicted octanol–water partition coefficient (Wildman–Crippen LogP) is -0.864. The number of amides is 1. The van der Waals surface area contributed by atoms with Gasteiger partial charge in [-0.05, 0) is 20.8 Å². The van der Waals surface area contributed by atoms with Gasteiger partial charge in [0.2, 0.25) is 15.9 Å². The molecule has 22 heavy (non-hydrogen) atoms. The topological polar surface area (TPSA) is 96.3 Å². The molecule has 0 aromatic carbocycles. The number of hydrogen-bond acceptors (Lipinski definition) is 5. The Morgan fingerprint density at radius 3 is 2.41 bits per heavy atom. The van der Waals surface area contributed by atoms with Gasteiger partial charge in [0.25, 0.3) is 0 Å². The molecule has 1 atom stereocenters. The molecule has 1 amide bonds. The Morgan fingerprint density at radius 2 is 1.91 bits per heavy atom. The minimum atomic E-state index is -3.78. The van der Waals surface area contributed by atoms with Gasteiger partial charge in [-0.3, -0.25) is 9.48 Å².